The van der Waals surface area contributed by atoms with Gasteiger partial charge in [-0.2, -0.15) is 0 Å². The van der Waals surface area contributed by atoms with E-state index in [2.05, 4.69) is 57.8 Å². The summed E-state index contributed by atoms with van der Waals surface area (Å²) in [5.41, 5.74) is 0. The summed E-state index contributed by atoms with van der Waals surface area (Å²) in [6.45, 7) is 6.36. The standard InChI is InChI=1S/C17H28N4S.HI/c1-3-21(15-9-10-15)13-11-19-17(18-2)20-12-14-22-16-7-5-4-6-8-16;/h4-8,15H,3,9-14H2,1-2H3,(H2,18,19,20);1H. The second-order valence-electron chi connectivity index (χ2n) is 5.45. The topological polar surface area (TPSA) is 39.7 Å². The van der Waals surface area contributed by atoms with Gasteiger partial charge in [0.2, 0.25) is 0 Å². The van der Waals surface area contributed by atoms with Crippen molar-refractivity contribution in [2.45, 2.75) is 30.7 Å². The lowest BCUT2D eigenvalue weighted by Crippen LogP contribution is -2.42. The first kappa shape index (κ1) is 20.6. The van der Waals surface area contributed by atoms with Gasteiger partial charge in [0.25, 0.3) is 0 Å². The van der Waals surface area contributed by atoms with E-state index >= 15 is 0 Å². The highest BCUT2D eigenvalue weighted by Gasteiger charge is 2.27. The third-order valence-electron chi connectivity index (χ3n) is 3.79. The molecule has 0 bridgehead atoms. The minimum Gasteiger partial charge on any atom is -0.356 e. The number of aliphatic imine (C=N–C) groups is 1. The molecule has 23 heavy (non-hydrogen) atoms. The van der Waals surface area contributed by atoms with Gasteiger partial charge in [0, 0.05) is 43.4 Å². The van der Waals surface area contributed by atoms with Crippen molar-refractivity contribution in [3.63, 3.8) is 0 Å². The van der Waals surface area contributed by atoms with E-state index in [0.717, 1.165) is 43.9 Å². The molecule has 1 aliphatic carbocycles. The van der Waals surface area contributed by atoms with Crippen LogP contribution < -0.4 is 10.6 Å². The van der Waals surface area contributed by atoms with E-state index in [9.17, 15) is 0 Å². The van der Waals surface area contributed by atoms with Crippen molar-refractivity contribution < 1.29 is 0 Å². The number of hydrogen-bond acceptors (Lipinski definition) is 3. The summed E-state index contributed by atoms with van der Waals surface area (Å²) in [6, 6.07) is 11.3. The van der Waals surface area contributed by atoms with E-state index in [1.165, 1.54) is 17.7 Å². The Morgan fingerprint density at radius 2 is 1.91 bits per heavy atom. The van der Waals surface area contributed by atoms with Gasteiger partial charge in [0.05, 0.1) is 0 Å². The van der Waals surface area contributed by atoms with Crippen LogP contribution in [0.25, 0.3) is 0 Å². The number of thioether (sulfide) groups is 1. The Morgan fingerprint density at radius 3 is 2.52 bits per heavy atom. The Hall–Kier alpha value is -0.470. The van der Waals surface area contributed by atoms with E-state index in [1.807, 2.05) is 18.8 Å². The van der Waals surface area contributed by atoms with Crippen LogP contribution >= 0.6 is 35.7 Å². The van der Waals surface area contributed by atoms with Crippen molar-refractivity contribution in [1.29, 1.82) is 0 Å². The summed E-state index contributed by atoms with van der Waals surface area (Å²) >= 11 is 1.86. The van der Waals surface area contributed by atoms with Gasteiger partial charge in [-0.15, -0.1) is 35.7 Å². The van der Waals surface area contributed by atoms with E-state index in [4.69, 9.17) is 0 Å². The van der Waals surface area contributed by atoms with Gasteiger partial charge in [0.1, 0.15) is 0 Å². The van der Waals surface area contributed by atoms with Gasteiger partial charge < -0.3 is 10.6 Å². The van der Waals surface area contributed by atoms with Gasteiger partial charge in [-0.1, -0.05) is 25.1 Å². The zero-order chi connectivity index (χ0) is 15.6. The van der Waals surface area contributed by atoms with Crippen LogP contribution in [0.3, 0.4) is 0 Å². The molecular weight excluding hydrogens is 419 g/mol. The van der Waals surface area contributed by atoms with Crippen LogP contribution in [0, 0.1) is 0 Å². The van der Waals surface area contributed by atoms with Crippen molar-refractivity contribution in [3.8, 4) is 0 Å². The number of hydrogen-bond donors (Lipinski definition) is 2. The summed E-state index contributed by atoms with van der Waals surface area (Å²) in [5, 5.41) is 6.78. The number of benzene rings is 1. The van der Waals surface area contributed by atoms with E-state index in [0.29, 0.717) is 0 Å². The average Bonchev–Trinajstić information content (AvgIpc) is 3.39. The third kappa shape index (κ3) is 8.26. The number of rotatable bonds is 9. The zero-order valence-electron chi connectivity index (χ0n) is 14.1. The van der Waals surface area contributed by atoms with Crippen molar-refractivity contribution >= 4 is 41.7 Å². The summed E-state index contributed by atoms with van der Waals surface area (Å²) in [5.74, 6) is 1.94. The molecule has 0 saturated heterocycles. The summed E-state index contributed by atoms with van der Waals surface area (Å²) in [7, 11) is 1.83. The Kier molecular flexibility index (Phi) is 10.7. The highest BCUT2D eigenvalue weighted by atomic mass is 127. The molecule has 0 radical (unpaired) electrons. The lowest BCUT2D eigenvalue weighted by Gasteiger charge is -2.20. The van der Waals surface area contributed by atoms with Crippen LogP contribution in [-0.4, -0.2) is 55.9 Å². The summed E-state index contributed by atoms with van der Waals surface area (Å²) in [4.78, 5) is 8.14. The van der Waals surface area contributed by atoms with E-state index < -0.39 is 0 Å². The van der Waals surface area contributed by atoms with Crippen LogP contribution in [0.5, 0.6) is 0 Å². The average molecular weight is 448 g/mol. The number of likely N-dealkylation sites (N-methyl/N-ethyl adjacent to an activating group) is 1. The number of guanidine groups is 1. The predicted molar refractivity (Wildman–Crippen MR) is 112 cm³/mol. The Bertz CT molecular complexity index is 451. The van der Waals surface area contributed by atoms with Gasteiger partial charge in [-0.25, -0.2) is 0 Å². The number of nitrogens with zero attached hydrogens (tertiary/aromatic N) is 2. The quantitative estimate of drug-likeness (QED) is 0.200. The largest absolute Gasteiger partial charge is 0.356 e. The maximum Gasteiger partial charge on any atom is 0.191 e. The van der Waals surface area contributed by atoms with Gasteiger partial charge in [-0.05, 0) is 31.5 Å². The first-order valence-electron chi connectivity index (χ1n) is 8.20. The van der Waals surface area contributed by atoms with Crippen molar-refractivity contribution in [1.82, 2.24) is 15.5 Å². The van der Waals surface area contributed by atoms with Crippen LogP contribution in [0.2, 0.25) is 0 Å². The highest BCUT2D eigenvalue weighted by molar-refractivity contribution is 14.0. The predicted octanol–water partition coefficient (Wildman–Crippen LogP) is 3.05. The molecule has 1 saturated carbocycles. The fourth-order valence-electron chi connectivity index (χ4n) is 2.43. The van der Waals surface area contributed by atoms with Gasteiger partial charge in [-0.3, -0.25) is 9.89 Å². The van der Waals surface area contributed by atoms with Gasteiger partial charge >= 0.3 is 0 Å². The third-order valence-corrected chi connectivity index (χ3v) is 4.80. The summed E-state index contributed by atoms with van der Waals surface area (Å²) in [6.07, 6.45) is 2.75. The molecule has 0 unspecified atom stereocenters. The molecule has 0 aliphatic heterocycles. The SMILES string of the molecule is CCN(CCNC(=NC)NCCSc1ccccc1)C1CC1.I. The Labute approximate surface area is 161 Å². The zero-order valence-corrected chi connectivity index (χ0v) is 17.3. The van der Waals surface area contributed by atoms with E-state index in [-0.39, 0.29) is 24.0 Å². The van der Waals surface area contributed by atoms with Crippen molar-refractivity contribution in [3.05, 3.63) is 30.3 Å². The minimum absolute atomic E-state index is 0. The molecule has 1 aromatic rings. The maximum absolute atomic E-state index is 4.28. The molecule has 0 spiro atoms. The van der Waals surface area contributed by atoms with Crippen LogP contribution in [-0.2, 0) is 0 Å². The molecule has 0 aromatic heterocycles. The fraction of sp³-hybridized carbons (Fsp3) is 0.588. The molecule has 130 valence electrons. The molecule has 4 nitrogen and oxygen atoms in total. The first-order valence-corrected chi connectivity index (χ1v) is 9.18. The second-order valence-corrected chi connectivity index (χ2v) is 6.62. The summed E-state index contributed by atoms with van der Waals surface area (Å²) < 4.78 is 0. The smallest absolute Gasteiger partial charge is 0.191 e. The molecule has 0 atom stereocenters. The van der Waals surface area contributed by atoms with Crippen LogP contribution in [0.15, 0.2) is 40.2 Å². The van der Waals surface area contributed by atoms with Gasteiger partial charge in [0.15, 0.2) is 5.96 Å². The maximum atomic E-state index is 4.28. The Morgan fingerprint density at radius 1 is 1.22 bits per heavy atom. The minimum atomic E-state index is 0. The fourth-order valence-corrected chi connectivity index (χ4v) is 3.22. The molecule has 6 heteroatoms. The molecule has 0 amide bonds. The normalized spacial score (nSPS) is 14.5. The van der Waals surface area contributed by atoms with Crippen LogP contribution in [0.1, 0.15) is 19.8 Å². The lowest BCUT2D eigenvalue weighted by atomic mass is 10.4. The highest BCUT2D eigenvalue weighted by Crippen LogP contribution is 2.25. The first-order chi connectivity index (χ1) is 10.8. The van der Waals surface area contributed by atoms with E-state index in [1.54, 1.807) is 0 Å². The monoisotopic (exact) mass is 448 g/mol. The number of halogens is 1. The molecular formula is C17H29IN4S. The van der Waals surface area contributed by atoms with Crippen molar-refractivity contribution in [2.75, 3.05) is 39.0 Å². The molecule has 1 fully saturated rings. The molecule has 0 heterocycles. The molecule has 2 N–H and O–H groups in total. The Balaban J connectivity index is 0.00000264. The van der Waals surface area contributed by atoms with Crippen LogP contribution in [0.4, 0.5) is 0 Å². The lowest BCUT2D eigenvalue weighted by molar-refractivity contribution is 0.282. The molecule has 1 aromatic carbocycles. The second kappa shape index (κ2) is 12.0. The van der Waals surface area contributed by atoms with Crippen molar-refractivity contribution in [2.24, 2.45) is 4.99 Å². The molecule has 2 rings (SSSR count). The molecule has 1 aliphatic rings. The number of nitrogens with one attached hydrogen (secondary N) is 2.